The Kier molecular flexibility index (Phi) is 6.96. The molecule has 7 nitrogen and oxygen atoms in total. The third-order valence-electron chi connectivity index (χ3n) is 4.27. The van der Waals surface area contributed by atoms with Gasteiger partial charge in [0.15, 0.2) is 11.5 Å². The van der Waals surface area contributed by atoms with Crippen molar-refractivity contribution < 1.29 is 19.2 Å². The van der Waals surface area contributed by atoms with Gasteiger partial charge < -0.3 is 9.47 Å². The van der Waals surface area contributed by atoms with Gasteiger partial charge in [0.05, 0.1) is 22.0 Å². The molecular formula is C20H17ClN2O5S2. The topological polar surface area (TPSA) is 81.9 Å². The highest BCUT2D eigenvalue weighted by Gasteiger charge is 2.30. The van der Waals surface area contributed by atoms with Crippen molar-refractivity contribution >= 4 is 57.6 Å². The minimum Gasteiger partial charge on any atom is -0.493 e. The first kappa shape index (κ1) is 22.1. The second-order valence-corrected chi connectivity index (χ2v) is 8.26. The Hall–Kier alpha value is -2.62. The van der Waals surface area contributed by atoms with Gasteiger partial charge in [-0.15, -0.1) is 0 Å². The summed E-state index contributed by atoms with van der Waals surface area (Å²) < 4.78 is 11.7. The number of benzene rings is 2. The van der Waals surface area contributed by atoms with E-state index >= 15 is 0 Å². The SMILES string of the molecule is CCN1C(=O)/C(=C/c2cc(Cl)c(OCc3ccc([N+](=O)[O-])cc3)c(OC)c2)SC1=S. The Morgan fingerprint density at radius 1 is 1.30 bits per heavy atom. The largest absolute Gasteiger partial charge is 0.493 e. The molecule has 0 radical (unpaired) electrons. The monoisotopic (exact) mass is 464 g/mol. The molecule has 0 unspecified atom stereocenters. The number of halogens is 1. The fraction of sp³-hybridized carbons (Fsp3) is 0.200. The molecule has 1 fully saturated rings. The van der Waals surface area contributed by atoms with Gasteiger partial charge in [0.1, 0.15) is 10.9 Å². The molecule has 0 bridgehead atoms. The molecule has 2 aromatic rings. The van der Waals surface area contributed by atoms with E-state index in [0.717, 1.165) is 5.56 Å². The second-order valence-electron chi connectivity index (χ2n) is 6.17. The van der Waals surface area contributed by atoms with Gasteiger partial charge in [0, 0.05) is 18.7 Å². The maximum Gasteiger partial charge on any atom is 0.269 e. The van der Waals surface area contributed by atoms with Gasteiger partial charge in [0.25, 0.3) is 11.6 Å². The zero-order valence-electron chi connectivity index (χ0n) is 16.1. The van der Waals surface area contributed by atoms with Crippen LogP contribution in [0.15, 0.2) is 41.3 Å². The van der Waals surface area contributed by atoms with Crippen LogP contribution in [0.25, 0.3) is 6.08 Å². The van der Waals surface area contributed by atoms with Crippen molar-refractivity contribution in [3.63, 3.8) is 0 Å². The molecule has 1 amide bonds. The number of hydrogen-bond acceptors (Lipinski definition) is 7. The number of carbonyl (C=O) groups excluding carboxylic acids is 1. The predicted molar refractivity (Wildman–Crippen MR) is 121 cm³/mol. The summed E-state index contributed by atoms with van der Waals surface area (Å²) in [5, 5.41) is 11.1. The third-order valence-corrected chi connectivity index (χ3v) is 5.93. The van der Waals surface area contributed by atoms with Gasteiger partial charge in [-0.2, -0.15) is 0 Å². The smallest absolute Gasteiger partial charge is 0.269 e. The molecule has 30 heavy (non-hydrogen) atoms. The molecule has 156 valence electrons. The molecule has 1 aliphatic heterocycles. The van der Waals surface area contributed by atoms with E-state index in [4.69, 9.17) is 33.3 Å². The zero-order valence-corrected chi connectivity index (χ0v) is 18.5. The van der Waals surface area contributed by atoms with Gasteiger partial charge in [0.2, 0.25) is 0 Å². The highest BCUT2D eigenvalue weighted by Crippen LogP contribution is 2.39. The van der Waals surface area contributed by atoms with E-state index < -0.39 is 4.92 Å². The highest BCUT2D eigenvalue weighted by molar-refractivity contribution is 8.26. The van der Waals surface area contributed by atoms with E-state index in [0.29, 0.717) is 37.9 Å². The average Bonchev–Trinajstić information content (AvgIpc) is 2.99. The Morgan fingerprint density at radius 3 is 2.57 bits per heavy atom. The summed E-state index contributed by atoms with van der Waals surface area (Å²) in [5.41, 5.74) is 1.43. The number of nitro groups is 1. The summed E-state index contributed by atoms with van der Waals surface area (Å²) in [6, 6.07) is 9.44. The zero-order chi connectivity index (χ0) is 21.8. The van der Waals surface area contributed by atoms with Crippen LogP contribution in [0.3, 0.4) is 0 Å². The summed E-state index contributed by atoms with van der Waals surface area (Å²) in [7, 11) is 1.49. The van der Waals surface area contributed by atoms with Crippen molar-refractivity contribution in [2.45, 2.75) is 13.5 Å². The first-order valence-electron chi connectivity index (χ1n) is 8.83. The normalized spacial score (nSPS) is 15.0. The van der Waals surface area contributed by atoms with Crippen LogP contribution in [0, 0.1) is 10.1 Å². The van der Waals surface area contributed by atoms with E-state index in [1.807, 2.05) is 6.92 Å². The van der Waals surface area contributed by atoms with Crippen molar-refractivity contribution in [1.29, 1.82) is 0 Å². The fourth-order valence-electron chi connectivity index (χ4n) is 2.76. The van der Waals surface area contributed by atoms with Crippen LogP contribution in [0.4, 0.5) is 5.69 Å². The summed E-state index contributed by atoms with van der Waals surface area (Å²) in [6.45, 7) is 2.54. The average molecular weight is 465 g/mol. The summed E-state index contributed by atoms with van der Waals surface area (Å²) in [5.74, 6) is 0.610. The van der Waals surface area contributed by atoms with E-state index in [-0.39, 0.29) is 18.2 Å². The predicted octanol–water partition coefficient (Wildman–Crippen LogP) is 5.06. The molecule has 3 rings (SSSR count). The molecular weight excluding hydrogens is 448 g/mol. The van der Waals surface area contributed by atoms with Gasteiger partial charge >= 0.3 is 0 Å². The molecule has 0 atom stereocenters. The van der Waals surface area contributed by atoms with Crippen LogP contribution in [0.5, 0.6) is 11.5 Å². The number of carbonyl (C=O) groups is 1. The molecule has 1 heterocycles. The number of likely N-dealkylation sites (N-methyl/N-ethyl adjacent to an activating group) is 1. The van der Waals surface area contributed by atoms with Crippen LogP contribution in [0.2, 0.25) is 5.02 Å². The van der Waals surface area contributed by atoms with Crippen molar-refractivity contribution in [2.75, 3.05) is 13.7 Å². The van der Waals surface area contributed by atoms with Crippen LogP contribution in [0.1, 0.15) is 18.1 Å². The van der Waals surface area contributed by atoms with Crippen molar-refractivity contribution in [3.8, 4) is 11.5 Å². The number of hydrogen-bond donors (Lipinski definition) is 0. The van der Waals surface area contributed by atoms with Gasteiger partial charge in [-0.05, 0) is 48.4 Å². The number of ether oxygens (including phenoxy) is 2. The lowest BCUT2D eigenvalue weighted by Crippen LogP contribution is -2.27. The van der Waals surface area contributed by atoms with Gasteiger partial charge in [-0.25, -0.2) is 0 Å². The van der Waals surface area contributed by atoms with Crippen LogP contribution in [-0.4, -0.2) is 33.7 Å². The number of thioether (sulfide) groups is 1. The minimum atomic E-state index is -0.461. The summed E-state index contributed by atoms with van der Waals surface area (Å²) in [4.78, 5) is 24.7. The van der Waals surface area contributed by atoms with E-state index in [1.54, 1.807) is 30.3 Å². The highest BCUT2D eigenvalue weighted by atomic mass is 35.5. The number of amides is 1. The molecule has 2 aromatic carbocycles. The summed E-state index contributed by atoms with van der Waals surface area (Å²) >= 11 is 12.9. The van der Waals surface area contributed by atoms with Crippen LogP contribution >= 0.6 is 35.6 Å². The first-order chi connectivity index (χ1) is 14.3. The Bertz CT molecular complexity index is 1040. The second kappa shape index (κ2) is 9.46. The Balaban J connectivity index is 1.81. The standard InChI is InChI=1S/C20H17ClN2O5S2/c1-3-22-19(24)17(30-20(22)29)10-13-8-15(21)18(16(9-13)27-2)28-11-12-4-6-14(7-5-12)23(25)26/h4-10H,3,11H2,1-2H3/b17-10-. The van der Waals surface area contributed by atoms with Crippen molar-refractivity contribution in [3.05, 3.63) is 67.6 Å². The number of nitrogens with zero attached hydrogens (tertiary/aromatic N) is 2. The number of methoxy groups -OCH3 is 1. The summed E-state index contributed by atoms with van der Waals surface area (Å²) in [6.07, 6.45) is 1.71. The number of non-ortho nitro benzene ring substituents is 1. The Labute approximate surface area is 187 Å². The molecule has 0 N–H and O–H groups in total. The maximum atomic E-state index is 12.4. The van der Waals surface area contributed by atoms with Gasteiger partial charge in [-0.1, -0.05) is 35.6 Å². The molecule has 0 spiro atoms. The van der Waals surface area contributed by atoms with E-state index in [1.165, 1.54) is 35.9 Å². The van der Waals surface area contributed by atoms with Crippen molar-refractivity contribution in [1.82, 2.24) is 4.90 Å². The van der Waals surface area contributed by atoms with Crippen LogP contribution in [-0.2, 0) is 11.4 Å². The van der Waals surface area contributed by atoms with E-state index in [2.05, 4.69) is 0 Å². The molecule has 1 aliphatic rings. The number of nitro benzene ring substituents is 1. The van der Waals surface area contributed by atoms with Crippen molar-refractivity contribution in [2.24, 2.45) is 0 Å². The first-order valence-corrected chi connectivity index (χ1v) is 10.4. The molecule has 1 saturated heterocycles. The molecule has 0 saturated carbocycles. The quantitative estimate of drug-likeness (QED) is 0.245. The lowest BCUT2D eigenvalue weighted by atomic mass is 10.1. The van der Waals surface area contributed by atoms with Crippen LogP contribution < -0.4 is 9.47 Å². The Morgan fingerprint density at radius 2 is 2.00 bits per heavy atom. The van der Waals surface area contributed by atoms with Gasteiger partial charge in [-0.3, -0.25) is 19.8 Å². The fourth-order valence-corrected chi connectivity index (χ4v) is 4.41. The molecule has 10 heteroatoms. The molecule has 0 aromatic heterocycles. The molecule has 0 aliphatic carbocycles. The lowest BCUT2D eigenvalue weighted by molar-refractivity contribution is -0.384. The number of rotatable bonds is 7. The maximum absolute atomic E-state index is 12.4. The lowest BCUT2D eigenvalue weighted by Gasteiger charge is -2.13. The third kappa shape index (κ3) is 4.75. The minimum absolute atomic E-state index is 0.00667. The van der Waals surface area contributed by atoms with E-state index in [9.17, 15) is 14.9 Å². The number of thiocarbonyl (C=S) groups is 1.